The normalized spacial score (nSPS) is 16.7. The molecule has 216 valence electrons. The average Bonchev–Trinajstić information content (AvgIpc) is 3.03. The van der Waals surface area contributed by atoms with Crippen LogP contribution in [0.25, 0.3) is 32.9 Å². The second kappa shape index (κ2) is 12.2. The zero-order valence-corrected chi connectivity index (χ0v) is 22.7. The highest BCUT2D eigenvalue weighted by Crippen LogP contribution is 2.36. The molecule has 4 aromatic rings. The Labute approximate surface area is 248 Å². The summed E-state index contributed by atoms with van der Waals surface area (Å²) in [6.07, 6.45) is 13.6. The van der Waals surface area contributed by atoms with E-state index in [1.165, 1.54) is 30.3 Å². The molecule has 12 heteroatoms. The molecule has 2 aromatic heterocycles. The van der Waals surface area contributed by atoms with Gasteiger partial charge in [0, 0.05) is 29.0 Å². The number of hydrogen-bond donors (Lipinski definition) is 4. The summed E-state index contributed by atoms with van der Waals surface area (Å²) in [5.41, 5.74) is 20.5. The minimum atomic E-state index is -1.28. The maximum absolute atomic E-state index is 12.0. The Balaban J connectivity index is 0.000000418. The molecule has 2 aliphatic rings. The monoisotopic (exact) mass is 586 g/mol. The molecule has 0 saturated carbocycles. The first-order chi connectivity index (χ1) is 21.2. The summed E-state index contributed by atoms with van der Waals surface area (Å²) in [5, 5.41) is 37.9. The van der Waals surface area contributed by atoms with Crippen LogP contribution in [0.3, 0.4) is 0 Å². The van der Waals surface area contributed by atoms with E-state index in [2.05, 4.69) is 19.5 Å². The van der Waals surface area contributed by atoms with Crippen LogP contribution in [0, 0.1) is 0 Å². The summed E-state index contributed by atoms with van der Waals surface area (Å²) < 4.78 is 0. The van der Waals surface area contributed by atoms with Crippen LogP contribution in [0.2, 0.25) is 0 Å². The smallest absolute Gasteiger partial charge is 0.354 e. The SMILES string of the molecule is Oc1cccc(O)c1.[N-]=[N+]=C1C=CC=CC1c1cc(C(=O)O)nc2c1ccc1c(C3C=CC=CC3=[N+]=[N-])cc(C(=O)O)nc12. The van der Waals surface area contributed by atoms with Gasteiger partial charge in [-0.15, -0.1) is 0 Å². The van der Waals surface area contributed by atoms with Crippen molar-refractivity contribution in [2.75, 3.05) is 0 Å². The summed E-state index contributed by atoms with van der Waals surface area (Å²) >= 11 is 0. The van der Waals surface area contributed by atoms with Gasteiger partial charge in [-0.2, -0.15) is 9.58 Å². The molecule has 2 atom stereocenters. The van der Waals surface area contributed by atoms with E-state index in [4.69, 9.17) is 10.2 Å². The third-order valence-electron chi connectivity index (χ3n) is 6.99. The molecular formula is C32H22N6O6. The minimum Gasteiger partial charge on any atom is -0.508 e. The fraction of sp³-hybridized carbons (Fsp3) is 0.0625. The molecular weight excluding hydrogens is 564 g/mol. The lowest BCUT2D eigenvalue weighted by Gasteiger charge is -2.17. The van der Waals surface area contributed by atoms with Crippen molar-refractivity contribution >= 4 is 45.2 Å². The number of phenols is 2. The summed E-state index contributed by atoms with van der Waals surface area (Å²) in [5.74, 6) is -3.52. The van der Waals surface area contributed by atoms with Gasteiger partial charge in [-0.3, -0.25) is 0 Å². The van der Waals surface area contributed by atoms with Gasteiger partial charge in [0.1, 0.15) is 34.7 Å². The molecule has 0 radical (unpaired) electrons. The number of carboxylic acids is 2. The second-order valence-corrected chi connectivity index (χ2v) is 9.67. The van der Waals surface area contributed by atoms with E-state index < -0.39 is 23.8 Å². The van der Waals surface area contributed by atoms with Crippen LogP contribution in [-0.2, 0) is 0 Å². The maximum atomic E-state index is 12.0. The molecule has 0 amide bonds. The number of benzene rings is 2. The molecule has 0 bridgehead atoms. The van der Waals surface area contributed by atoms with Crippen molar-refractivity contribution in [3.8, 4) is 11.5 Å². The maximum Gasteiger partial charge on any atom is 0.354 e. The zero-order valence-electron chi connectivity index (χ0n) is 22.7. The van der Waals surface area contributed by atoms with Gasteiger partial charge in [-0.25, -0.2) is 19.6 Å². The first-order valence-electron chi connectivity index (χ1n) is 13.1. The highest BCUT2D eigenvalue weighted by molar-refractivity contribution is 6.12. The van der Waals surface area contributed by atoms with Gasteiger partial charge in [-0.1, -0.05) is 54.7 Å². The first-order valence-corrected chi connectivity index (χ1v) is 13.1. The number of aromatic hydroxyl groups is 2. The lowest BCUT2D eigenvalue weighted by Crippen LogP contribution is -2.15. The van der Waals surface area contributed by atoms with E-state index in [9.17, 15) is 30.9 Å². The number of fused-ring (bicyclic) bond motifs is 3. The van der Waals surface area contributed by atoms with Crippen molar-refractivity contribution in [3.63, 3.8) is 0 Å². The molecule has 2 heterocycles. The average molecular weight is 587 g/mol. The van der Waals surface area contributed by atoms with Gasteiger partial charge in [0.25, 0.3) is 0 Å². The zero-order chi connectivity index (χ0) is 31.4. The van der Waals surface area contributed by atoms with Crippen molar-refractivity contribution < 1.29 is 39.6 Å². The van der Waals surface area contributed by atoms with Gasteiger partial charge in [0.05, 0.1) is 11.0 Å². The van der Waals surface area contributed by atoms with Crippen molar-refractivity contribution in [1.29, 1.82) is 0 Å². The van der Waals surface area contributed by atoms with Crippen LogP contribution >= 0.6 is 0 Å². The molecule has 2 aliphatic carbocycles. The van der Waals surface area contributed by atoms with Crippen molar-refractivity contribution in [3.05, 3.63) is 131 Å². The van der Waals surface area contributed by atoms with Crippen LogP contribution in [-0.4, -0.2) is 63.3 Å². The van der Waals surface area contributed by atoms with E-state index in [1.54, 1.807) is 66.8 Å². The Kier molecular flexibility index (Phi) is 8.03. The Morgan fingerprint density at radius 2 is 1.09 bits per heavy atom. The highest BCUT2D eigenvalue weighted by Gasteiger charge is 2.30. The highest BCUT2D eigenvalue weighted by atomic mass is 16.4. The van der Waals surface area contributed by atoms with Gasteiger partial charge >= 0.3 is 23.4 Å². The quantitative estimate of drug-likeness (QED) is 0.144. The number of aromatic carboxylic acids is 2. The molecule has 2 aromatic carbocycles. The molecule has 6 rings (SSSR count). The van der Waals surface area contributed by atoms with E-state index in [-0.39, 0.29) is 33.9 Å². The molecule has 0 saturated heterocycles. The Morgan fingerprint density at radius 1 is 0.659 bits per heavy atom. The van der Waals surface area contributed by atoms with E-state index >= 15 is 0 Å². The predicted molar refractivity (Wildman–Crippen MR) is 160 cm³/mol. The van der Waals surface area contributed by atoms with Crippen LogP contribution in [0.1, 0.15) is 43.9 Å². The number of rotatable bonds is 4. The van der Waals surface area contributed by atoms with Crippen LogP contribution in [0.4, 0.5) is 0 Å². The second-order valence-electron chi connectivity index (χ2n) is 9.67. The largest absolute Gasteiger partial charge is 0.508 e. The summed E-state index contributed by atoms with van der Waals surface area (Å²) in [4.78, 5) is 39.3. The topological polar surface area (TPSA) is 214 Å². The van der Waals surface area contributed by atoms with Crippen molar-refractivity contribution in [2.45, 2.75) is 11.8 Å². The first kappa shape index (κ1) is 29.0. The van der Waals surface area contributed by atoms with Crippen LogP contribution in [0.15, 0.2) is 97.1 Å². The number of carboxylic acid groups (broad SMARTS) is 2. The molecule has 0 aliphatic heterocycles. The fourth-order valence-corrected chi connectivity index (χ4v) is 5.03. The fourth-order valence-electron chi connectivity index (χ4n) is 5.03. The molecule has 0 fully saturated rings. The number of hydrogen-bond acceptors (Lipinski definition) is 6. The van der Waals surface area contributed by atoms with Crippen molar-refractivity contribution in [2.24, 2.45) is 0 Å². The molecule has 0 spiro atoms. The Morgan fingerprint density at radius 3 is 1.43 bits per heavy atom. The number of carbonyl (C=O) groups is 2. The summed E-state index contributed by atoms with van der Waals surface area (Å²) in [6.45, 7) is 0. The van der Waals surface area contributed by atoms with Gasteiger partial charge in [0.15, 0.2) is 0 Å². The van der Waals surface area contributed by atoms with E-state index in [1.807, 2.05) is 0 Å². The lowest BCUT2D eigenvalue weighted by molar-refractivity contribution is -0.00728. The number of aromatic nitrogens is 2. The standard InChI is InChI=1S/C26H16N6O4.C6H6O2/c27-31-19-7-3-1-5-13(19)17-11-21(25(33)34)29-23-15(17)9-10-16-18(12-22(26(35)36)30-24(16)23)14-6-2-4-8-20(14)32-28;7-5-2-1-3-6(8)4-5/h1-14H,(H,33,34)(H,35,36);1-4,7-8H. The lowest BCUT2D eigenvalue weighted by atomic mass is 9.85. The number of allylic oxidation sites excluding steroid dienone is 8. The molecule has 4 N–H and O–H groups in total. The van der Waals surface area contributed by atoms with Crippen LogP contribution < -0.4 is 0 Å². The van der Waals surface area contributed by atoms with Gasteiger partial charge in [-0.05, 0) is 35.4 Å². The third kappa shape index (κ3) is 5.65. The molecule has 44 heavy (non-hydrogen) atoms. The van der Waals surface area contributed by atoms with Crippen molar-refractivity contribution in [1.82, 2.24) is 9.97 Å². The Hall–Kier alpha value is -6.48. The number of phenolic OH excluding ortho intramolecular Hbond substituents is 2. The Bertz CT molecular complexity index is 1940. The van der Waals surface area contributed by atoms with Crippen LogP contribution in [0.5, 0.6) is 11.5 Å². The van der Waals surface area contributed by atoms with Gasteiger partial charge in [0.2, 0.25) is 0 Å². The number of nitrogens with zero attached hydrogens (tertiary/aromatic N) is 6. The molecule has 12 nitrogen and oxygen atoms in total. The number of pyridine rings is 2. The molecule has 2 unspecified atom stereocenters. The van der Waals surface area contributed by atoms with E-state index in [0.717, 1.165) is 0 Å². The van der Waals surface area contributed by atoms with E-state index in [0.29, 0.717) is 33.3 Å². The van der Waals surface area contributed by atoms with Gasteiger partial charge < -0.3 is 31.5 Å². The summed E-state index contributed by atoms with van der Waals surface area (Å²) in [6, 6.07) is 12.2. The summed E-state index contributed by atoms with van der Waals surface area (Å²) in [7, 11) is 0. The predicted octanol–water partition coefficient (Wildman–Crippen LogP) is 5.04. The third-order valence-corrected chi connectivity index (χ3v) is 6.99. The minimum absolute atomic E-state index is 0.0880.